The van der Waals surface area contributed by atoms with Crippen LogP contribution >= 0.6 is 0 Å². The van der Waals surface area contributed by atoms with Gasteiger partial charge in [-0.3, -0.25) is 4.79 Å². The van der Waals surface area contributed by atoms with Crippen LogP contribution in [0.3, 0.4) is 0 Å². The molecule has 0 heterocycles. The summed E-state index contributed by atoms with van der Waals surface area (Å²) in [4.78, 5) is 14.4. The molecule has 0 aromatic heterocycles. The molecule has 3 saturated carbocycles. The number of ketones is 1. The van der Waals surface area contributed by atoms with Gasteiger partial charge in [-0.25, -0.2) is 0 Å². The predicted molar refractivity (Wildman–Crippen MR) is 98.8 cm³/mol. The normalized spacial score (nSPS) is 51.0. The fraction of sp³-hybridized carbons (Fsp3) is 0.864. The second kappa shape index (κ2) is 5.19. The van der Waals surface area contributed by atoms with E-state index in [2.05, 4.69) is 39.8 Å². The van der Waals surface area contributed by atoms with Crippen LogP contribution in [0.25, 0.3) is 0 Å². The maximum atomic E-state index is 11.9. The summed E-state index contributed by atoms with van der Waals surface area (Å²) in [5.74, 6) is 2.94. The van der Waals surface area contributed by atoms with Crippen LogP contribution in [-0.4, -0.2) is 30.3 Å². The first-order valence-electron chi connectivity index (χ1n) is 10.1. The van der Waals surface area contributed by atoms with Crippen LogP contribution in [0.15, 0.2) is 11.6 Å². The Hall–Kier alpha value is -0.630. The first kappa shape index (κ1) is 16.8. The van der Waals surface area contributed by atoms with E-state index in [9.17, 15) is 4.79 Å². The lowest BCUT2D eigenvalue weighted by Crippen LogP contribution is -2.58. The number of rotatable bonds is 1. The highest BCUT2D eigenvalue weighted by Crippen LogP contribution is 2.68. The van der Waals surface area contributed by atoms with E-state index >= 15 is 0 Å². The average molecular weight is 330 g/mol. The number of allylic oxidation sites excluding steroid dienone is 1. The van der Waals surface area contributed by atoms with Crippen molar-refractivity contribution in [3.05, 3.63) is 11.6 Å². The van der Waals surface area contributed by atoms with Crippen LogP contribution in [-0.2, 0) is 4.79 Å². The molecule has 3 fully saturated rings. The zero-order valence-electron chi connectivity index (χ0n) is 16.3. The first-order chi connectivity index (χ1) is 11.2. The number of hydrogen-bond donors (Lipinski definition) is 0. The molecule has 0 amide bonds. The van der Waals surface area contributed by atoms with E-state index in [4.69, 9.17) is 0 Å². The molecule has 2 heteroatoms. The quantitative estimate of drug-likeness (QED) is 0.686. The molecule has 0 aromatic carbocycles. The number of fused-ring (bicyclic) bond motifs is 5. The topological polar surface area (TPSA) is 20.3 Å². The predicted octanol–water partition coefficient (Wildman–Crippen LogP) is 4.84. The highest BCUT2D eigenvalue weighted by Gasteiger charge is 2.63. The lowest BCUT2D eigenvalue weighted by molar-refractivity contribution is -0.118. The minimum atomic E-state index is 0.315. The third-order valence-electron chi connectivity index (χ3n) is 9.51. The van der Waals surface area contributed by atoms with Crippen molar-refractivity contribution in [3.8, 4) is 0 Å². The van der Waals surface area contributed by atoms with Crippen molar-refractivity contribution in [2.24, 2.45) is 28.6 Å². The van der Waals surface area contributed by atoms with Gasteiger partial charge in [0.1, 0.15) is 0 Å². The van der Waals surface area contributed by atoms with Gasteiger partial charge in [0.15, 0.2) is 5.78 Å². The number of nitrogens with zero attached hydrogens (tertiary/aromatic N) is 1. The molecular weight excluding hydrogens is 294 g/mol. The van der Waals surface area contributed by atoms with E-state index in [0.29, 0.717) is 22.2 Å². The minimum absolute atomic E-state index is 0.315. The van der Waals surface area contributed by atoms with Crippen molar-refractivity contribution >= 4 is 5.78 Å². The van der Waals surface area contributed by atoms with Crippen LogP contribution in [0.1, 0.15) is 72.1 Å². The summed E-state index contributed by atoms with van der Waals surface area (Å²) in [6.45, 7) is 7.60. The second-order valence-electron chi connectivity index (χ2n) is 10.1. The molecule has 0 aromatic rings. The number of carbonyl (C=O) groups excluding carboxylic acids is 1. The maximum Gasteiger partial charge on any atom is 0.155 e. The Balaban J connectivity index is 1.69. The van der Waals surface area contributed by atoms with Crippen molar-refractivity contribution in [1.29, 1.82) is 0 Å². The SMILES string of the molecule is CN(C)[C@@]1(C)CC[C@@H]2[C@H]3CCC4=CC(=O)CC[C@]4(C)[C@@H]3CC[C@]21C. The van der Waals surface area contributed by atoms with E-state index in [1.54, 1.807) is 0 Å². The molecule has 6 atom stereocenters. The van der Waals surface area contributed by atoms with E-state index in [1.807, 2.05) is 6.08 Å². The largest absolute Gasteiger partial charge is 0.303 e. The van der Waals surface area contributed by atoms with E-state index in [1.165, 1.54) is 44.1 Å². The van der Waals surface area contributed by atoms with Crippen LogP contribution in [0.2, 0.25) is 0 Å². The fourth-order valence-corrected chi connectivity index (χ4v) is 7.54. The summed E-state index contributed by atoms with van der Waals surface area (Å²) in [6.07, 6.45) is 11.9. The lowest BCUT2D eigenvalue weighted by Gasteiger charge is -2.60. The molecular formula is C22H35NO. The van der Waals surface area contributed by atoms with Gasteiger partial charge in [0.25, 0.3) is 0 Å². The molecule has 24 heavy (non-hydrogen) atoms. The Labute approximate surface area is 148 Å². The van der Waals surface area contributed by atoms with Gasteiger partial charge in [-0.2, -0.15) is 0 Å². The zero-order chi connectivity index (χ0) is 17.3. The molecule has 2 nitrogen and oxygen atoms in total. The molecule has 0 unspecified atom stereocenters. The van der Waals surface area contributed by atoms with Gasteiger partial charge in [0, 0.05) is 12.0 Å². The maximum absolute atomic E-state index is 11.9. The highest BCUT2D eigenvalue weighted by atomic mass is 16.1. The van der Waals surface area contributed by atoms with Gasteiger partial charge < -0.3 is 4.90 Å². The molecule has 0 spiro atoms. The van der Waals surface area contributed by atoms with Gasteiger partial charge in [0.2, 0.25) is 0 Å². The third kappa shape index (κ3) is 1.95. The molecule has 0 saturated heterocycles. The van der Waals surface area contributed by atoms with Gasteiger partial charge in [0.05, 0.1) is 0 Å². The van der Waals surface area contributed by atoms with E-state index in [0.717, 1.165) is 30.6 Å². The fourth-order valence-electron chi connectivity index (χ4n) is 7.54. The molecule has 0 bridgehead atoms. The molecule has 134 valence electrons. The Morgan fingerprint density at radius 1 is 0.958 bits per heavy atom. The summed E-state index contributed by atoms with van der Waals surface area (Å²) >= 11 is 0. The minimum Gasteiger partial charge on any atom is -0.303 e. The van der Waals surface area contributed by atoms with E-state index in [-0.39, 0.29) is 0 Å². The van der Waals surface area contributed by atoms with Gasteiger partial charge >= 0.3 is 0 Å². The van der Waals surface area contributed by atoms with Crippen LogP contribution in [0.5, 0.6) is 0 Å². The zero-order valence-corrected chi connectivity index (χ0v) is 16.3. The second-order valence-corrected chi connectivity index (χ2v) is 10.1. The van der Waals surface area contributed by atoms with Crippen LogP contribution in [0.4, 0.5) is 0 Å². The Morgan fingerprint density at radius 3 is 2.38 bits per heavy atom. The molecule has 0 aliphatic heterocycles. The molecule has 4 rings (SSSR count). The Bertz CT molecular complexity index is 593. The van der Waals surface area contributed by atoms with Crippen LogP contribution in [0, 0.1) is 28.6 Å². The van der Waals surface area contributed by atoms with Crippen molar-refractivity contribution in [2.45, 2.75) is 77.7 Å². The summed E-state index contributed by atoms with van der Waals surface area (Å²) < 4.78 is 0. The van der Waals surface area contributed by atoms with Gasteiger partial charge in [-0.1, -0.05) is 19.4 Å². The summed E-state index contributed by atoms with van der Waals surface area (Å²) in [7, 11) is 4.57. The van der Waals surface area contributed by atoms with Crippen molar-refractivity contribution in [1.82, 2.24) is 4.90 Å². The van der Waals surface area contributed by atoms with E-state index < -0.39 is 0 Å². The lowest BCUT2D eigenvalue weighted by atomic mass is 9.46. The highest BCUT2D eigenvalue weighted by molar-refractivity contribution is 5.91. The van der Waals surface area contributed by atoms with Crippen LogP contribution < -0.4 is 0 Å². The first-order valence-corrected chi connectivity index (χ1v) is 10.1. The molecule has 0 radical (unpaired) electrons. The van der Waals surface area contributed by atoms with Crippen molar-refractivity contribution < 1.29 is 4.79 Å². The monoisotopic (exact) mass is 329 g/mol. The third-order valence-corrected chi connectivity index (χ3v) is 9.51. The van der Waals surface area contributed by atoms with Crippen molar-refractivity contribution in [2.75, 3.05) is 14.1 Å². The summed E-state index contributed by atoms with van der Waals surface area (Å²) in [5.41, 5.74) is 2.62. The Kier molecular flexibility index (Phi) is 3.64. The smallest absolute Gasteiger partial charge is 0.155 e. The summed E-state index contributed by atoms with van der Waals surface area (Å²) in [5, 5.41) is 0. The number of hydrogen-bond acceptors (Lipinski definition) is 2. The average Bonchev–Trinajstić information content (AvgIpc) is 2.81. The number of carbonyl (C=O) groups is 1. The molecule has 4 aliphatic carbocycles. The summed E-state index contributed by atoms with van der Waals surface area (Å²) in [6, 6.07) is 0. The van der Waals surface area contributed by atoms with Gasteiger partial charge in [-0.05, 0) is 101 Å². The molecule has 0 N–H and O–H groups in total. The van der Waals surface area contributed by atoms with Gasteiger partial charge in [-0.15, -0.1) is 0 Å². The standard InChI is InChI=1S/C22H35NO/c1-20-11-8-16(24)14-15(20)6-7-17-18(20)9-12-21(2)19(17)10-13-22(21,3)23(4)5/h14,17-19H,6-13H2,1-5H3/t17-,18+,19+,20-,21+,22-/m0/s1. The Morgan fingerprint density at radius 2 is 1.67 bits per heavy atom. The molecule has 4 aliphatic rings. The van der Waals surface area contributed by atoms with Crippen molar-refractivity contribution in [3.63, 3.8) is 0 Å².